The van der Waals surface area contributed by atoms with Gasteiger partial charge in [-0.25, -0.2) is 14.8 Å². The number of piperidine rings is 1. The number of rotatable bonds is 19. The fourth-order valence-electron chi connectivity index (χ4n) is 11.5. The summed E-state index contributed by atoms with van der Waals surface area (Å²) < 4.78 is 23.3. The van der Waals surface area contributed by atoms with Gasteiger partial charge < -0.3 is 38.8 Å². The number of carbonyl (C=O) groups excluding carboxylic acids is 3. The summed E-state index contributed by atoms with van der Waals surface area (Å²) >= 11 is 6.81. The van der Waals surface area contributed by atoms with Gasteiger partial charge in [0.2, 0.25) is 17.8 Å². The van der Waals surface area contributed by atoms with Crippen LogP contribution in [0.1, 0.15) is 106 Å². The van der Waals surface area contributed by atoms with Crippen LogP contribution in [0.5, 0.6) is 11.5 Å². The number of likely N-dealkylation sites (N-methyl/N-ethyl adjacent to an activating group) is 1. The minimum absolute atomic E-state index is 0.113. The Labute approximate surface area is 509 Å². The van der Waals surface area contributed by atoms with Crippen molar-refractivity contribution in [2.75, 3.05) is 61.1 Å². The average Bonchev–Trinajstić information content (AvgIpc) is 1.86. The van der Waals surface area contributed by atoms with Crippen molar-refractivity contribution >= 4 is 85.8 Å². The van der Waals surface area contributed by atoms with Crippen LogP contribution in [-0.2, 0) is 34.5 Å². The zero-order valence-electron chi connectivity index (χ0n) is 50.8. The maximum absolute atomic E-state index is 14.4. The quantitative estimate of drug-likeness (QED) is 0.0591. The molecule has 2 fully saturated rings. The van der Waals surface area contributed by atoms with E-state index in [4.69, 9.17) is 30.5 Å². The van der Waals surface area contributed by atoms with E-state index >= 15 is 0 Å². The number of nitrogens with zero attached hydrogens (tertiary/aromatic N) is 11. The van der Waals surface area contributed by atoms with Crippen molar-refractivity contribution in [2.45, 2.75) is 118 Å². The first-order valence-corrected chi connectivity index (χ1v) is 30.0. The molecule has 5 aromatic heterocycles. The molecular formula is C66H73ClN12O8. The fourth-order valence-corrected chi connectivity index (χ4v) is 11.7. The summed E-state index contributed by atoms with van der Waals surface area (Å²) in [6.45, 7) is 16.3. The number of amides is 3. The van der Waals surface area contributed by atoms with Crippen LogP contribution in [0, 0.1) is 31.1 Å². The lowest BCUT2D eigenvalue weighted by atomic mass is 9.87. The number of aromatic nitrogens is 7. The summed E-state index contributed by atoms with van der Waals surface area (Å²) in [5.41, 5.74) is 3.02. The Morgan fingerprint density at radius 3 is 2.46 bits per heavy atom. The number of pyridine rings is 1. The number of benzene rings is 3. The monoisotopic (exact) mass is 1200 g/mol. The molecule has 2 aliphatic heterocycles. The molecule has 1 atom stereocenters. The number of imidazole rings is 1. The van der Waals surface area contributed by atoms with Crippen molar-refractivity contribution in [1.82, 2.24) is 43.9 Å². The van der Waals surface area contributed by atoms with Crippen LogP contribution in [0.4, 0.5) is 17.3 Å². The maximum atomic E-state index is 14.4. The normalized spacial score (nSPS) is 15.5. The lowest BCUT2D eigenvalue weighted by Crippen LogP contribution is -2.51. The fraction of sp³-hybridized carbons (Fsp3) is 0.409. The largest absolute Gasteiger partial charge is 0.456 e. The van der Waals surface area contributed by atoms with Crippen LogP contribution in [-0.4, -0.2) is 120 Å². The first-order chi connectivity index (χ1) is 41.7. The van der Waals surface area contributed by atoms with E-state index in [2.05, 4.69) is 48.0 Å². The van der Waals surface area contributed by atoms with E-state index in [1.165, 1.54) is 16.8 Å². The summed E-state index contributed by atoms with van der Waals surface area (Å²) in [6, 6.07) is 21.0. The second-order valence-corrected chi connectivity index (χ2v) is 24.5. The number of para-hydroxylation sites is 3. The highest BCUT2D eigenvalue weighted by Crippen LogP contribution is 2.42. The minimum atomic E-state index is -0.784. The smallest absolute Gasteiger partial charge is 0.332 e. The summed E-state index contributed by atoms with van der Waals surface area (Å²) in [5, 5.41) is 5.21. The first-order valence-electron chi connectivity index (χ1n) is 29.7. The molecule has 11 rings (SSSR count). The van der Waals surface area contributed by atoms with Gasteiger partial charge in [-0.3, -0.25) is 37.9 Å². The Morgan fingerprint density at radius 1 is 0.908 bits per heavy atom. The van der Waals surface area contributed by atoms with Crippen LogP contribution in [0.2, 0.25) is 5.02 Å². The molecule has 20 nitrogen and oxygen atoms in total. The van der Waals surface area contributed by atoms with Crippen LogP contribution in [0.25, 0.3) is 39.1 Å². The Balaban J connectivity index is 0.677. The Bertz CT molecular complexity index is 4220. The zero-order valence-corrected chi connectivity index (χ0v) is 51.5. The summed E-state index contributed by atoms with van der Waals surface area (Å²) in [4.78, 5) is 96.4. The highest BCUT2D eigenvalue weighted by molar-refractivity contribution is 6.33. The third-order valence-corrected chi connectivity index (χ3v) is 17.3. The van der Waals surface area contributed by atoms with Crippen molar-refractivity contribution < 1.29 is 28.3 Å². The van der Waals surface area contributed by atoms with E-state index < -0.39 is 22.3 Å². The highest BCUT2D eigenvalue weighted by Gasteiger charge is 2.37. The number of furan rings is 1. The molecule has 3 aromatic carbocycles. The van der Waals surface area contributed by atoms with Gasteiger partial charge in [-0.15, -0.1) is 5.92 Å². The van der Waals surface area contributed by atoms with Crippen LogP contribution in [0.15, 0.2) is 99.2 Å². The first kappa shape index (κ1) is 59.9. The molecule has 21 heteroatoms. The molecular weight excluding hydrogens is 1120 g/mol. The van der Waals surface area contributed by atoms with Gasteiger partial charge in [-0.05, 0) is 110 Å². The van der Waals surface area contributed by atoms with Crippen LogP contribution < -0.4 is 36.0 Å². The van der Waals surface area contributed by atoms with Gasteiger partial charge in [-0.2, -0.15) is 4.98 Å². The van der Waals surface area contributed by atoms with E-state index in [1.807, 2.05) is 84.0 Å². The number of carbonyl (C=O) groups is 3. The Kier molecular flexibility index (Phi) is 16.9. The molecule has 7 heterocycles. The molecule has 1 N–H and O–H groups in total. The topological polar surface area (TPSA) is 208 Å². The van der Waals surface area contributed by atoms with Crippen LogP contribution >= 0.6 is 11.6 Å². The molecule has 0 unspecified atom stereocenters. The predicted octanol–water partition coefficient (Wildman–Crippen LogP) is 9.60. The SMILES string of the molecule is CC#CCn1c(N2CCC[C@H](NC(=O)C(C)(C)CCOC(C)(C)CCN(C)C(=O)/C=C/c3oc4cc(Cl)c(Oc5ccncc5C(=O)N5CCN(C6CC6)c6ccccc65)cc4c3C)C2)nc2c1c(=O)n(Cc1nc(C)c3ccccc3n1)c(=O)n2C. The lowest BCUT2D eigenvalue weighted by molar-refractivity contribution is -0.132. The molecule has 3 aliphatic rings. The molecule has 3 amide bonds. The molecule has 1 saturated heterocycles. The maximum Gasteiger partial charge on any atom is 0.332 e. The van der Waals surface area contributed by atoms with Gasteiger partial charge in [0.25, 0.3) is 11.5 Å². The van der Waals surface area contributed by atoms with Gasteiger partial charge in [0.1, 0.15) is 34.2 Å². The van der Waals surface area contributed by atoms with E-state index in [-0.39, 0.29) is 53.0 Å². The number of nitrogens with one attached hydrogen (secondary N) is 1. The van der Waals surface area contributed by atoms with Crippen molar-refractivity contribution in [1.29, 1.82) is 0 Å². The second kappa shape index (κ2) is 24.5. The number of halogens is 1. The Hall–Kier alpha value is -8.80. The van der Waals surface area contributed by atoms with E-state index in [0.717, 1.165) is 75.7 Å². The third-order valence-electron chi connectivity index (χ3n) is 17.0. The average molecular weight is 1200 g/mol. The van der Waals surface area contributed by atoms with Gasteiger partial charge in [0.15, 0.2) is 11.2 Å². The molecule has 0 spiro atoms. The van der Waals surface area contributed by atoms with Crippen molar-refractivity contribution in [2.24, 2.45) is 12.5 Å². The molecule has 1 aliphatic carbocycles. The van der Waals surface area contributed by atoms with Gasteiger partial charge in [-0.1, -0.05) is 61.7 Å². The van der Waals surface area contributed by atoms with E-state index in [0.29, 0.717) is 91.8 Å². The number of ether oxygens (including phenoxy) is 2. The van der Waals surface area contributed by atoms with Gasteiger partial charge in [0.05, 0.1) is 40.6 Å². The summed E-state index contributed by atoms with van der Waals surface area (Å²) in [6.07, 6.45) is 11.0. The number of fused-ring (bicyclic) bond motifs is 4. The van der Waals surface area contributed by atoms with Gasteiger partial charge >= 0.3 is 5.69 Å². The Morgan fingerprint density at radius 2 is 1.68 bits per heavy atom. The third kappa shape index (κ3) is 12.5. The van der Waals surface area contributed by atoms with Gasteiger partial charge in [0, 0.05) is 117 Å². The molecule has 0 bridgehead atoms. The van der Waals surface area contributed by atoms with Crippen molar-refractivity contribution in [3.05, 3.63) is 139 Å². The number of aryl methyl sites for hydroxylation is 3. The van der Waals surface area contributed by atoms with Crippen molar-refractivity contribution in [3.63, 3.8) is 0 Å². The van der Waals surface area contributed by atoms with E-state index in [9.17, 15) is 24.0 Å². The molecule has 8 aromatic rings. The molecule has 452 valence electrons. The summed E-state index contributed by atoms with van der Waals surface area (Å²) in [7, 11) is 3.34. The second-order valence-electron chi connectivity index (χ2n) is 24.1. The summed E-state index contributed by atoms with van der Waals surface area (Å²) in [5.74, 6) is 7.46. The van der Waals surface area contributed by atoms with Crippen LogP contribution in [0.3, 0.4) is 0 Å². The lowest BCUT2D eigenvalue weighted by Gasteiger charge is -2.38. The highest BCUT2D eigenvalue weighted by atomic mass is 35.5. The molecule has 87 heavy (non-hydrogen) atoms. The van der Waals surface area contributed by atoms with E-state index in [1.54, 1.807) is 65.9 Å². The van der Waals surface area contributed by atoms with Crippen molar-refractivity contribution in [3.8, 4) is 23.3 Å². The number of anilines is 3. The number of hydrogen-bond donors (Lipinski definition) is 1. The standard InChI is InChI=1S/C66H73ClN12O8/c1-10-11-31-78-58-59(74(9)64(84)79(61(58)82)40-56-69-42(3)45-18-12-13-19-49(45)71-56)72-63(78)75-30-16-17-43(39-75)70-62(83)65(4,5)28-35-85-66(6,7)27-32-73(8)57(80)25-24-52-41(2)46-36-55(48(67)37-54(46)86-52)87-53-26-29-68-38-47(53)60(81)77-34-33-76(44-22-23-44)50-20-14-15-21-51(50)77/h12-15,18-21,24-26,29,36-38,43-44H,16-17,22-23,27-28,30-35,39-40H2,1-9H3,(H,70,83)/b25-24+/t43-/m0/s1. The minimum Gasteiger partial charge on any atom is -0.456 e. The molecule has 1 saturated carbocycles. The zero-order chi connectivity index (χ0) is 61.5. The molecule has 0 radical (unpaired) electrons. The predicted molar refractivity (Wildman–Crippen MR) is 338 cm³/mol. The number of hydrogen-bond acceptors (Lipinski definition) is 14.